The summed E-state index contributed by atoms with van der Waals surface area (Å²) in [5.41, 5.74) is 5.80. The number of carbonyl (C=O) groups is 4. The Morgan fingerprint density at radius 2 is 1.14 bits per heavy atom. The van der Waals surface area contributed by atoms with E-state index in [9.17, 15) is 29.3 Å². The maximum Gasteiger partial charge on any atom is 0.319 e. The number of nitrogen functional groups attached to an aromatic ring is 1. The molecule has 0 aromatic carbocycles. The number of hydrogen-bond acceptors (Lipinski definition) is 12. The molecule has 17 nitrogen and oxygen atoms in total. The summed E-state index contributed by atoms with van der Waals surface area (Å²) < 4.78 is 0. The maximum absolute atomic E-state index is 11.9. The zero-order chi connectivity index (χ0) is 31.0. The molecule has 0 aliphatic rings. The van der Waals surface area contributed by atoms with Crippen molar-refractivity contribution in [3.8, 4) is 22.8 Å². The molecule has 0 saturated heterocycles. The number of hydrogen-bond donors (Lipinski definition) is 5. The minimum atomic E-state index is -1.26. The first-order valence-corrected chi connectivity index (χ1v) is 12.0. The van der Waals surface area contributed by atoms with E-state index < -0.39 is 60.7 Å². The zero-order valence-electron chi connectivity index (χ0n) is 21.8. The van der Waals surface area contributed by atoms with Crippen molar-refractivity contribution in [3.05, 3.63) is 64.0 Å². The summed E-state index contributed by atoms with van der Waals surface area (Å²) in [7, 11) is 0. The van der Waals surface area contributed by atoms with Gasteiger partial charge in [-0.2, -0.15) is 0 Å². The molecule has 0 amide bonds. The van der Waals surface area contributed by atoms with Gasteiger partial charge in [0, 0.05) is 13.1 Å². The van der Waals surface area contributed by atoms with Crippen molar-refractivity contribution in [2.45, 2.75) is 13.1 Å². The van der Waals surface area contributed by atoms with E-state index in [1.54, 1.807) is 12.1 Å². The smallest absolute Gasteiger partial charge is 0.319 e. The lowest BCUT2D eigenvalue weighted by atomic mass is 10.1. The van der Waals surface area contributed by atoms with Gasteiger partial charge in [0.15, 0.2) is 5.69 Å². The molecule has 42 heavy (non-hydrogen) atoms. The Morgan fingerprint density at radius 3 is 1.57 bits per heavy atom. The summed E-state index contributed by atoms with van der Waals surface area (Å²) in [4.78, 5) is 71.2. The number of nitrogens with two attached hydrogens (primary N) is 1. The highest BCUT2D eigenvalue weighted by Gasteiger charge is 2.25. The number of nitro groups is 1. The maximum atomic E-state index is 11.9. The third-order valence-electron chi connectivity index (χ3n) is 5.53. The fourth-order valence-corrected chi connectivity index (χ4v) is 4.03. The molecule has 220 valence electrons. The van der Waals surface area contributed by atoms with E-state index in [4.69, 9.17) is 26.2 Å². The van der Waals surface area contributed by atoms with Gasteiger partial charge in [0.05, 0.1) is 59.6 Å². The molecule has 3 aromatic rings. The lowest BCUT2D eigenvalue weighted by Crippen LogP contribution is -2.34. The van der Waals surface area contributed by atoms with Crippen LogP contribution < -0.4 is 5.73 Å². The van der Waals surface area contributed by atoms with Crippen molar-refractivity contribution < 1.29 is 44.5 Å². The van der Waals surface area contributed by atoms with Crippen molar-refractivity contribution in [2.75, 3.05) is 31.9 Å². The molecule has 3 aromatic heterocycles. The van der Waals surface area contributed by atoms with Crippen molar-refractivity contribution >= 4 is 35.3 Å². The normalized spacial score (nSPS) is 11.0. The molecular weight excluding hydrogens is 558 g/mol. The largest absolute Gasteiger partial charge is 0.480 e. The van der Waals surface area contributed by atoms with E-state index in [1.165, 1.54) is 30.3 Å². The SMILES string of the molecule is Nc1cc(-c2cccc(CN(CC(=O)O)CC(=O)O)n2)nc(-c2cccc(CN(CC(=O)O)CC(=O)O)n2)c1[N+](=O)[O-]. The number of pyridine rings is 3. The molecule has 0 atom stereocenters. The summed E-state index contributed by atoms with van der Waals surface area (Å²) in [6, 6.07) is 10.3. The van der Waals surface area contributed by atoms with Crippen LogP contribution in [0.1, 0.15) is 11.4 Å². The van der Waals surface area contributed by atoms with Crippen LogP contribution in [-0.2, 0) is 32.3 Å². The number of anilines is 1. The monoisotopic (exact) mass is 583 g/mol. The Hall–Kier alpha value is -5.55. The van der Waals surface area contributed by atoms with Gasteiger partial charge in [-0.3, -0.25) is 39.1 Å². The van der Waals surface area contributed by atoms with Crippen molar-refractivity contribution in [1.29, 1.82) is 0 Å². The lowest BCUT2D eigenvalue weighted by molar-refractivity contribution is -0.383. The van der Waals surface area contributed by atoms with E-state index >= 15 is 0 Å². The van der Waals surface area contributed by atoms with Gasteiger partial charge < -0.3 is 26.2 Å². The number of carboxylic acid groups (broad SMARTS) is 4. The van der Waals surface area contributed by atoms with Crippen molar-refractivity contribution in [3.63, 3.8) is 0 Å². The van der Waals surface area contributed by atoms with Gasteiger partial charge in [-0.25, -0.2) is 15.0 Å². The van der Waals surface area contributed by atoms with Crippen LogP contribution >= 0.6 is 0 Å². The van der Waals surface area contributed by atoms with E-state index in [-0.39, 0.29) is 47.2 Å². The van der Waals surface area contributed by atoms with E-state index in [1.807, 2.05) is 0 Å². The molecule has 0 unspecified atom stereocenters. The van der Waals surface area contributed by atoms with Crippen molar-refractivity contribution in [1.82, 2.24) is 24.8 Å². The number of aromatic nitrogens is 3. The zero-order valence-corrected chi connectivity index (χ0v) is 21.8. The molecule has 0 saturated carbocycles. The first-order chi connectivity index (χ1) is 19.8. The first-order valence-electron chi connectivity index (χ1n) is 12.0. The van der Waals surface area contributed by atoms with Gasteiger partial charge in [-0.15, -0.1) is 0 Å². The second-order valence-corrected chi connectivity index (χ2v) is 8.94. The molecule has 0 radical (unpaired) electrons. The highest BCUT2D eigenvalue weighted by atomic mass is 16.6. The molecule has 0 aliphatic heterocycles. The Labute approximate surface area is 236 Å². The van der Waals surface area contributed by atoms with E-state index in [2.05, 4.69) is 15.0 Å². The van der Waals surface area contributed by atoms with Gasteiger partial charge in [-0.1, -0.05) is 12.1 Å². The highest BCUT2D eigenvalue weighted by Crippen LogP contribution is 2.35. The molecular formula is C25H25N7O10. The molecule has 0 bridgehead atoms. The summed E-state index contributed by atoms with van der Waals surface area (Å²) in [6.45, 7) is -2.60. The number of nitrogens with zero attached hydrogens (tertiary/aromatic N) is 6. The van der Waals surface area contributed by atoms with Gasteiger partial charge >= 0.3 is 29.6 Å². The summed E-state index contributed by atoms with van der Waals surface area (Å²) in [6.07, 6.45) is 0. The predicted octanol–water partition coefficient (Wildman–Crippen LogP) is 0.638. The Balaban J connectivity index is 2.02. The standard InChI is InChI=1S/C25H25N7O10/c26-16-7-19(17-5-1-3-14(27-17)8-30(10-20(33)34)11-21(35)36)29-24(25(16)32(41)42)18-6-2-4-15(28-18)9-31(12-22(37)38)13-23(39)40/h1-7H,8-13H2,(H2,26,29)(H,33,34)(H,35,36)(H,37,38)(H,39,40). The molecule has 6 N–H and O–H groups in total. The minimum absolute atomic E-state index is 0.00333. The third kappa shape index (κ3) is 8.73. The molecule has 3 heterocycles. The number of rotatable bonds is 15. The second kappa shape index (κ2) is 13.7. The predicted molar refractivity (Wildman–Crippen MR) is 143 cm³/mol. The van der Waals surface area contributed by atoms with Crippen LogP contribution in [0.2, 0.25) is 0 Å². The fourth-order valence-electron chi connectivity index (χ4n) is 4.03. The topological polar surface area (TPSA) is 264 Å². The Morgan fingerprint density at radius 1 is 0.714 bits per heavy atom. The van der Waals surface area contributed by atoms with Crippen LogP contribution in [0.25, 0.3) is 22.8 Å². The molecule has 0 spiro atoms. The molecule has 17 heteroatoms. The minimum Gasteiger partial charge on any atom is -0.480 e. The quantitative estimate of drug-likeness (QED) is 0.121. The van der Waals surface area contributed by atoms with E-state index in [0.717, 1.165) is 9.80 Å². The van der Waals surface area contributed by atoms with Crippen LogP contribution in [0.15, 0.2) is 42.5 Å². The summed E-state index contributed by atoms with van der Waals surface area (Å²) in [5, 5.41) is 48.3. The van der Waals surface area contributed by atoms with Gasteiger partial charge in [-0.05, 0) is 30.3 Å². The highest BCUT2D eigenvalue weighted by molar-refractivity contribution is 5.80. The number of carboxylic acids is 4. The van der Waals surface area contributed by atoms with Gasteiger partial charge in [0.2, 0.25) is 0 Å². The summed E-state index contributed by atoms with van der Waals surface area (Å²) >= 11 is 0. The average Bonchev–Trinajstić information content (AvgIpc) is 2.86. The Bertz CT molecular complexity index is 1500. The van der Waals surface area contributed by atoms with Crippen molar-refractivity contribution in [2.24, 2.45) is 0 Å². The third-order valence-corrected chi connectivity index (χ3v) is 5.53. The number of aliphatic carboxylic acids is 4. The summed E-state index contributed by atoms with van der Waals surface area (Å²) in [5.74, 6) is -4.97. The Kier molecular flexibility index (Phi) is 10.1. The molecule has 3 rings (SSSR count). The van der Waals surface area contributed by atoms with Crippen LogP contribution in [0.3, 0.4) is 0 Å². The van der Waals surface area contributed by atoms with Gasteiger partial charge in [0.1, 0.15) is 5.69 Å². The lowest BCUT2D eigenvalue weighted by Gasteiger charge is -2.18. The van der Waals surface area contributed by atoms with Crippen LogP contribution in [0, 0.1) is 10.1 Å². The first kappa shape index (κ1) is 31.0. The van der Waals surface area contributed by atoms with Crippen LogP contribution in [0.4, 0.5) is 11.4 Å². The average molecular weight is 584 g/mol. The fraction of sp³-hybridized carbons (Fsp3) is 0.240. The molecule has 0 aliphatic carbocycles. The second-order valence-electron chi connectivity index (χ2n) is 8.94. The van der Waals surface area contributed by atoms with E-state index in [0.29, 0.717) is 5.69 Å². The van der Waals surface area contributed by atoms with Crippen LogP contribution in [-0.4, -0.2) is 100 Å². The molecule has 0 fully saturated rings. The van der Waals surface area contributed by atoms with Gasteiger partial charge in [0.25, 0.3) is 0 Å². The van der Waals surface area contributed by atoms with Crippen LogP contribution in [0.5, 0.6) is 0 Å².